The van der Waals surface area contributed by atoms with Crippen LogP contribution < -0.4 is 11.1 Å². The van der Waals surface area contributed by atoms with Gasteiger partial charge in [-0.2, -0.15) is 0 Å². The second kappa shape index (κ2) is 9.22. The number of carbonyl (C=O) groups excluding carboxylic acids is 1. The predicted molar refractivity (Wildman–Crippen MR) is 109 cm³/mol. The Morgan fingerprint density at radius 1 is 0.846 bits per heavy atom. The summed E-state index contributed by atoms with van der Waals surface area (Å²) >= 11 is 1.77. The molecule has 4 heteroatoms. The van der Waals surface area contributed by atoms with Crippen molar-refractivity contribution in [3.63, 3.8) is 0 Å². The Kier molecular flexibility index (Phi) is 6.47. The van der Waals surface area contributed by atoms with E-state index in [-0.39, 0.29) is 5.91 Å². The summed E-state index contributed by atoms with van der Waals surface area (Å²) in [6, 6.07) is 27.5. The summed E-state index contributed by atoms with van der Waals surface area (Å²) in [6.45, 7) is 0. The van der Waals surface area contributed by atoms with E-state index >= 15 is 0 Å². The second-order valence-electron chi connectivity index (χ2n) is 6.08. The Labute approximate surface area is 158 Å². The highest BCUT2D eigenvalue weighted by Crippen LogP contribution is 2.24. The maximum Gasteiger partial charge on any atom is 0.241 e. The minimum absolute atomic E-state index is 0.168. The van der Waals surface area contributed by atoms with Gasteiger partial charge >= 0.3 is 0 Å². The maximum atomic E-state index is 12.3. The van der Waals surface area contributed by atoms with Crippen LogP contribution in [0.1, 0.15) is 11.1 Å². The van der Waals surface area contributed by atoms with Gasteiger partial charge in [-0.05, 0) is 41.8 Å². The summed E-state index contributed by atoms with van der Waals surface area (Å²) in [6.07, 6.45) is 0.525. The van der Waals surface area contributed by atoms with E-state index in [4.69, 9.17) is 5.73 Å². The third-order valence-corrected chi connectivity index (χ3v) is 5.09. The molecule has 0 fully saturated rings. The van der Waals surface area contributed by atoms with E-state index < -0.39 is 6.04 Å². The molecule has 3 aromatic rings. The fourth-order valence-corrected chi connectivity index (χ4v) is 3.43. The lowest BCUT2D eigenvalue weighted by Crippen LogP contribution is -2.37. The van der Waals surface area contributed by atoms with Crippen LogP contribution in [0.2, 0.25) is 0 Å². The molecule has 0 saturated heterocycles. The molecule has 0 aliphatic heterocycles. The van der Waals surface area contributed by atoms with Crippen molar-refractivity contribution in [2.45, 2.75) is 23.1 Å². The molecule has 0 aliphatic rings. The van der Waals surface area contributed by atoms with Crippen LogP contribution in [0.25, 0.3) is 0 Å². The number of hydrogen-bond acceptors (Lipinski definition) is 3. The number of benzene rings is 3. The zero-order chi connectivity index (χ0) is 18.2. The van der Waals surface area contributed by atoms with E-state index in [0.717, 1.165) is 17.0 Å². The molecule has 0 heterocycles. The Balaban J connectivity index is 1.51. The molecule has 0 saturated carbocycles. The molecule has 1 atom stereocenters. The van der Waals surface area contributed by atoms with Gasteiger partial charge in [-0.25, -0.2) is 0 Å². The van der Waals surface area contributed by atoms with Gasteiger partial charge in [-0.15, -0.1) is 11.8 Å². The number of amides is 1. The van der Waals surface area contributed by atoms with Gasteiger partial charge in [-0.3, -0.25) is 4.79 Å². The Bertz CT molecular complexity index is 820. The molecule has 0 aromatic heterocycles. The molecule has 132 valence electrons. The highest BCUT2D eigenvalue weighted by Gasteiger charge is 2.14. The monoisotopic (exact) mass is 362 g/mol. The Hall–Kier alpha value is -2.56. The van der Waals surface area contributed by atoms with Crippen LogP contribution in [-0.4, -0.2) is 11.9 Å². The zero-order valence-electron chi connectivity index (χ0n) is 14.5. The lowest BCUT2D eigenvalue weighted by atomic mass is 10.1. The summed E-state index contributed by atoms with van der Waals surface area (Å²) in [4.78, 5) is 13.4. The molecule has 26 heavy (non-hydrogen) atoms. The normalized spacial score (nSPS) is 11.7. The third-order valence-electron chi connectivity index (χ3n) is 4.01. The number of nitrogens with two attached hydrogens (primary N) is 1. The molecule has 0 unspecified atom stereocenters. The molecule has 0 spiro atoms. The average Bonchev–Trinajstić information content (AvgIpc) is 2.69. The number of thioether (sulfide) groups is 1. The summed E-state index contributed by atoms with van der Waals surface area (Å²) in [7, 11) is 0. The molecule has 0 bridgehead atoms. The van der Waals surface area contributed by atoms with Crippen LogP contribution in [0.4, 0.5) is 5.69 Å². The van der Waals surface area contributed by atoms with Crippen molar-refractivity contribution in [2.75, 3.05) is 5.32 Å². The number of anilines is 1. The van der Waals surface area contributed by atoms with E-state index in [1.54, 1.807) is 11.8 Å². The molecular formula is C22H22N2OS. The van der Waals surface area contributed by atoms with Crippen molar-refractivity contribution < 1.29 is 4.79 Å². The van der Waals surface area contributed by atoms with Crippen LogP contribution in [0.15, 0.2) is 89.8 Å². The van der Waals surface area contributed by atoms with Crippen LogP contribution in [-0.2, 0) is 17.0 Å². The second-order valence-corrected chi connectivity index (χ2v) is 7.13. The number of hydrogen-bond donors (Lipinski definition) is 2. The molecular weight excluding hydrogens is 340 g/mol. The lowest BCUT2D eigenvalue weighted by Gasteiger charge is -2.12. The van der Waals surface area contributed by atoms with Crippen LogP contribution >= 0.6 is 11.8 Å². The van der Waals surface area contributed by atoms with Gasteiger partial charge in [0.15, 0.2) is 0 Å². The largest absolute Gasteiger partial charge is 0.325 e. The summed E-state index contributed by atoms with van der Waals surface area (Å²) in [5.41, 5.74) is 9.14. The van der Waals surface area contributed by atoms with Crippen LogP contribution in [0.3, 0.4) is 0 Å². The number of carbonyl (C=O) groups is 1. The standard InChI is InChI=1S/C22H22N2OS/c23-21(15-17-7-3-1-4-8-17)22(25)24-19-11-13-20(14-12-19)26-16-18-9-5-2-6-10-18/h1-14,21H,15-16,23H2,(H,24,25)/t21-/m0/s1. The fourth-order valence-electron chi connectivity index (χ4n) is 2.57. The molecule has 3 aromatic carbocycles. The molecule has 3 nitrogen and oxygen atoms in total. The number of rotatable bonds is 7. The van der Waals surface area contributed by atoms with E-state index in [1.807, 2.05) is 72.8 Å². The van der Waals surface area contributed by atoms with Gasteiger partial charge in [-0.1, -0.05) is 60.7 Å². The van der Waals surface area contributed by atoms with Gasteiger partial charge < -0.3 is 11.1 Å². The maximum absolute atomic E-state index is 12.3. The van der Waals surface area contributed by atoms with E-state index in [0.29, 0.717) is 6.42 Å². The molecule has 0 radical (unpaired) electrons. The minimum atomic E-state index is -0.565. The first-order valence-corrected chi connectivity index (χ1v) is 9.56. The summed E-state index contributed by atoms with van der Waals surface area (Å²) < 4.78 is 0. The van der Waals surface area contributed by atoms with Crippen molar-refractivity contribution in [2.24, 2.45) is 5.73 Å². The highest BCUT2D eigenvalue weighted by molar-refractivity contribution is 7.98. The first kappa shape index (κ1) is 18.2. The molecule has 1 amide bonds. The predicted octanol–water partition coefficient (Wildman–Crippen LogP) is 4.49. The molecule has 3 N–H and O–H groups in total. The smallest absolute Gasteiger partial charge is 0.241 e. The number of nitrogens with one attached hydrogen (secondary N) is 1. The van der Waals surface area contributed by atoms with E-state index in [9.17, 15) is 4.79 Å². The van der Waals surface area contributed by atoms with Crippen molar-refractivity contribution >= 4 is 23.4 Å². The fraction of sp³-hybridized carbons (Fsp3) is 0.136. The Morgan fingerprint density at radius 3 is 2.04 bits per heavy atom. The first-order valence-electron chi connectivity index (χ1n) is 8.58. The van der Waals surface area contributed by atoms with Crippen LogP contribution in [0.5, 0.6) is 0 Å². The third kappa shape index (κ3) is 5.48. The van der Waals surface area contributed by atoms with Crippen molar-refractivity contribution in [3.8, 4) is 0 Å². The van der Waals surface area contributed by atoms with Gasteiger partial charge in [0.1, 0.15) is 0 Å². The average molecular weight is 362 g/mol. The highest BCUT2D eigenvalue weighted by atomic mass is 32.2. The van der Waals surface area contributed by atoms with Gasteiger partial charge in [0.05, 0.1) is 6.04 Å². The quantitative estimate of drug-likeness (QED) is 0.609. The van der Waals surface area contributed by atoms with Gasteiger partial charge in [0, 0.05) is 16.3 Å². The van der Waals surface area contributed by atoms with Gasteiger partial charge in [0.2, 0.25) is 5.91 Å². The SMILES string of the molecule is N[C@@H](Cc1ccccc1)C(=O)Nc1ccc(SCc2ccccc2)cc1. The van der Waals surface area contributed by atoms with Gasteiger partial charge in [0.25, 0.3) is 0 Å². The topological polar surface area (TPSA) is 55.1 Å². The summed E-state index contributed by atoms with van der Waals surface area (Å²) in [5, 5.41) is 2.89. The van der Waals surface area contributed by atoms with E-state index in [1.165, 1.54) is 10.5 Å². The Morgan fingerprint density at radius 2 is 1.42 bits per heavy atom. The molecule has 3 rings (SSSR count). The van der Waals surface area contributed by atoms with Crippen molar-refractivity contribution in [1.29, 1.82) is 0 Å². The summed E-state index contributed by atoms with van der Waals surface area (Å²) in [5.74, 6) is 0.757. The zero-order valence-corrected chi connectivity index (χ0v) is 15.3. The van der Waals surface area contributed by atoms with Crippen molar-refractivity contribution in [1.82, 2.24) is 0 Å². The van der Waals surface area contributed by atoms with Crippen LogP contribution in [0, 0.1) is 0 Å². The van der Waals surface area contributed by atoms with Crippen molar-refractivity contribution in [3.05, 3.63) is 96.1 Å². The lowest BCUT2D eigenvalue weighted by molar-refractivity contribution is -0.117. The van der Waals surface area contributed by atoms with E-state index in [2.05, 4.69) is 17.4 Å². The first-order chi connectivity index (χ1) is 12.7. The molecule has 0 aliphatic carbocycles. The minimum Gasteiger partial charge on any atom is -0.325 e.